The second-order valence-corrected chi connectivity index (χ2v) is 11.3. The number of nitrogens with one attached hydrogen (secondary N) is 2. The number of amides is 2. The third-order valence-electron chi connectivity index (χ3n) is 8.15. The molecule has 2 aliphatic rings. The molecule has 0 radical (unpaired) electrons. The van der Waals surface area contributed by atoms with E-state index in [1.807, 2.05) is 13.0 Å². The van der Waals surface area contributed by atoms with Gasteiger partial charge in [-0.1, -0.05) is 48.7 Å². The van der Waals surface area contributed by atoms with Gasteiger partial charge in [0.05, 0.1) is 23.2 Å². The molecule has 8 heteroatoms. The summed E-state index contributed by atoms with van der Waals surface area (Å²) in [5.74, 6) is -2.55. The van der Waals surface area contributed by atoms with Gasteiger partial charge < -0.3 is 15.5 Å². The molecule has 40 heavy (non-hydrogen) atoms. The van der Waals surface area contributed by atoms with E-state index in [4.69, 9.17) is 11.6 Å². The minimum atomic E-state index is -0.781. The minimum Gasteiger partial charge on any atom is -0.380 e. The molecule has 1 heterocycles. The largest absolute Gasteiger partial charge is 0.380 e. The lowest BCUT2D eigenvalue weighted by Crippen LogP contribution is -2.46. The minimum absolute atomic E-state index is 0.0288. The summed E-state index contributed by atoms with van der Waals surface area (Å²) in [5, 5.41) is 6.75. The lowest BCUT2D eigenvalue weighted by Gasteiger charge is -2.41. The number of rotatable bonds is 6. The molecule has 0 unspecified atom stereocenters. The zero-order valence-corrected chi connectivity index (χ0v) is 23.5. The summed E-state index contributed by atoms with van der Waals surface area (Å²) in [4.78, 5) is 29.1. The quantitative estimate of drug-likeness (QED) is 0.320. The zero-order valence-electron chi connectivity index (χ0n) is 22.8. The Bertz CT molecular complexity index is 1400. The first-order valence-electron chi connectivity index (χ1n) is 13.9. The van der Waals surface area contributed by atoms with Crippen molar-refractivity contribution in [2.75, 3.05) is 17.2 Å². The molecule has 2 N–H and O–H groups in total. The van der Waals surface area contributed by atoms with E-state index >= 15 is 4.39 Å². The molecule has 0 spiro atoms. The summed E-state index contributed by atoms with van der Waals surface area (Å²) < 4.78 is 30.4. The Morgan fingerprint density at radius 1 is 0.900 bits per heavy atom. The number of aryl methyl sites for hydroxylation is 2. The van der Waals surface area contributed by atoms with Gasteiger partial charge in [-0.15, -0.1) is 0 Å². The summed E-state index contributed by atoms with van der Waals surface area (Å²) in [6.45, 7) is 3.88. The number of likely N-dealkylation sites (tertiary alicyclic amines) is 1. The van der Waals surface area contributed by atoms with E-state index in [0.29, 0.717) is 46.9 Å². The number of hydrogen-bond acceptors (Lipinski definition) is 3. The van der Waals surface area contributed by atoms with Crippen LogP contribution in [0, 0.1) is 31.4 Å². The molecule has 3 aromatic carbocycles. The van der Waals surface area contributed by atoms with E-state index in [0.717, 1.165) is 31.2 Å². The van der Waals surface area contributed by atoms with Gasteiger partial charge in [0.1, 0.15) is 11.6 Å². The van der Waals surface area contributed by atoms with Gasteiger partial charge in [0.15, 0.2) is 0 Å². The molecule has 0 bridgehead atoms. The molecule has 2 atom stereocenters. The van der Waals surface area contributed by atoms with Crippen LogP contribution in [-0.2, 0) is 4.79 Å². The van der Waals surface area contributed by atoms with E-state index in [9.17, 15) is 14.0 Å². The van der Waals surface area contributed by atoms with Crippen LogP contribution in [0.2, 0.25) is 5.02 Å². The third kappa shape index (κ3) is 5.85. The number of hydrogen-bond donors (Lipinski definition) is 2. The summed E-state index contributed by atoms with van der Waals surface area (Å²) in [5.41, 5.74) is 2.80. The van der Waals surface area contributed by atoms with Gasteiger partial charge >= 0.3 is 0 Å². The van der Waals surface area contributed by atoms with Gasteiger partial charge in [0.25, 0.3) is 5.91 Å². The van der Waals surface area contributed by atoms with Crippen molar-refractivity contribution in [3.05, 3.63) is 93.5 Å². The van der Waals surface area contributed by atoms with E-state index in [1.54, 1.807) is 43.3 Å². The number of benzene rings is 3. The van der Waals surface area contributed by atoms with E-state index < -0.39 is 29.5 Å². The Balaban J connectivity index is 1.50. The molecule has 1 saturated carbocycles. The number of anilines is 2. The molecule has 1 saturated heterocycles. The fourth-order valence-corrected chi connectivity index (χ4v) is 6.17. The van der Waals surface area contributed by atoms with Gasteiger partial charge in [-0.25, -0.2) is 8.78 Å². The van der Waals surface area contributed by atoms with Crippen molar-refractivity contribution >= 4 is 34.8 Å². The van der Waals surface area contributed by atoms with Crippen LogP contribution < -0.4 is 10.6 Å². The van der Waals surface area contributed by atoms with Crippen molar-refractivity contribution in [3.63, 3.8) is 0 Å². The van der Waals surface area contributed by atoms with Crippen molar-refractivity contribution < 1.29 is 18.4 Å². The lowest BCUT2D eigenvalue weighted by molar-refractivity contribution is -0.123. The molecule has 2 amide bonds. The molecule has 210 valence electrons. The van der Waals surface area contributed by atoms with E-state index in [2.05, 4.69) is 10.6 Å². The number of piperidine rings is 1. The highest BCUT2D eigenvalue weighted by Gasteiger charge is 2.41. The fourth-order valence-electron chi connectivity index (χ4n) is 5.98. The average Bonchev–Trinajstić information content (AvgIpc) is 3.44. The van der Waals surface area contributed by atoms with Crippen LogP contribution in [-0.4, -0.2) is 29.3 Å². The second kappa shape index (κ2) is 12.0. The van der Waals surface area contributed by atoms with E-state index in [1.165, 1.54) is 17.0 Å². The number of carbonyl (C=O) groups excluding carboxylic acids is 2. The Morgan fingerprint density at radius 3 is 2.38 bits per heavy atom. The van der Waals surface area contributed by atoms with Gasteiger partial charge in [0, 0.05) is 23.3 Å². The standard InChI is InChI=1S/C32H34ClF2N3O2/c1-19-12-14-23(18-25(19)33)37-31(39)24-10-6-16-38(32(40)29-20(2)7-5-11-26(29)34)30(24)21-13-15-28(27(35)17-21)36-22-8-3-4-9-22/h5,7,11-15,17-18,22,24,30,36H,3-4,6,8-10,16H2,1-2H3,(H,37,39)/t24-,30-/m0/s1. The molecule has 0 aromatic heterocycles. The maximum absolute atomic E-state index is 15.5. The highest BCUT2D eigenvalue weighted by Crippen LogP contribution is 2.40. The van der Waals surface area contributed by atoms with Crippen LogP contribution in [0.5, 0.6) is 0 Å². The van der Waals surface area contributed by atoms with Crippen LogP contribution in [0.4, 0.5) is 20.2 Å². The normalized spacial score (nSPS) is 19.5. The molecule has 5 rings (SSSR count). The van der Waals surface area contributed by atoms with Crippen molar-refractivity contribution in [1.29, 1.82) is 0 Å². The van der Waals surface area contributed by atoms with Gasteiger partial charge in [-0.3, -0.25) is 9.59 Å². The van der Waals surface area contributed by atoms with Crippen LogP contribution in [0.15, 0.2) is 54.6 Å². The van der Waals surface area contributed by atoms with Crippen molar-refractivity contribution in [1.82, 2.24) is 4.90 Å². The first-order chi connectivity index (χ1) is 19.2. The van der Waals surface area contributed by atoms with Crippen LogP contribution in [0.25, 0.3) is 0 Å². The Morgan fingerprint density at radius 2 is 1.68 bits per heavy atom. The summed E-state index contributed by atoms with van der Waals surface area (Å²) in [7, 11) is 0. The average molecular weight is 566 g/mol. The van der Waals surface area contributed by atoms with Crippen molar-refractivity contribution in [2.24, 2.45) is 5.92 Å². The van der Waals surface area contributed by atoms with Crippen LogP contribution in [0.3, 0.4) is 0 Å². The highest BCUT2D eigenvalue weighted by atomic mass is 35.5. The molecule has 3 aromatic rings. The van der Waals surface area contributed by atoms with E-state index in [-0.39, 0.29) is 17.5 Å². The predicted molar refractivity (Wildman–Crippen MR) is 155 cm³/mol. The molecule has 1 aliphatic heterocycles. The summed E-state index contributed by atoms with van der Waals surface area (Å²) in [6, 6.07) is 14.1. The fraction of sp³-hybridized carbons (Fsp3) is 0.375. The maximum Gasteiger partial charge on any atom is 0.257 e. The Hall–Kier alpha value is -3.45. The first kappa shape index (κ1) is 28.1. The Kier molecular flexibility index (Phi) is 8.40. The summed E-state index contributed by atoms with van der Waals surface area (Å²) in [6.07, 6.45) is 5.27. The first-order valence-corrected chi connectivity index (χ1v) is 14.3. The van der Waals surface area contributed by atoms with Crippen LogP contribution >= 0.6 is 11.6 Å². The molecule has 2 fully saturated rings. The van der Waals surface area contributed by atoms with Crippen LogP contribution in [0.1, 0.15) is 71.6 Å². The third-order valence-corrected chi connectivity index (χ3v) is 8.56. The Labute approximate surface area is 238 Å². The molecular formula is C32H34ClF2N3O2. The van der Waals surface area contributed by atoms with Crippen molar-refractivity contribution in [3.8, 4) is 0 Å². The van der Waals surface area contributed by atoms with Gasteiger partial charge in [0.2, 0.25) is 5.91 Å². The molecule has 1 aliphatic carbocycles. The zero-order chi connectivity index (χ0) is 28.4. The molecular weight excluding hydrogens is 532 g/mol. The number of nitrogens with zero attached hydrogens (tertiary/aromatic N) is 1. The predicted octanol–water partition coefficient (Wildman–Crippen LogP) is 7.82. The topological polar surface area (TPSA) is 61.4 Å². The molecule has 5 nitrogen and oxygen atoms in total. The second-order valence-electron chi connectivity index (χ2n) is 10.9. The number of halogens is 3. The SMILES string of the molecule is Cc1ccc(NC(=O)[C@H]2CCCN(C(=O)c3c(C)cccc3F)[C@H]2c2ccc(NC3CCCC3)c(F)c2)cc1Cl. The lowest BCUT2D eigenvalue weighted by atomic mass is 9.83. The van der Waals surface area contributed by atoms with Crippen molar-refractivity contribution in [2.45, 2.75) is 64.5 Å². The highest BCUT2D eigenvalue weighted by molar-refractivity contribution is 6.31. The number of carbonyl (C=O) groups is 2. The van der Waals surface area contributed by atoms with Gasteiger partial charge in [-0.2, -0.15) is 0 Å². The monoisotopic (exact) mass is 565 g/mol. The van der Waals surface area contributed by atoms with Gasteiger partial charge in [-0.05, 0) is 86.6 Å². The smallest absolute Gasteiger partial charge is 0.257 e. The maximum atomic E-state index is 15.5. The summed E-state index contributed by atoms with van der Waals surface area (Å²) >= 11 is 6.28.